The van der Waals surface area contributed by atoms with E-state index in [9.17, 15) is 22.4 Å². The molecule has 9 heteroatoms. The van der Waals surface area contributed by atoms with Gasteiger partial charge in [0.1, 0.15) is 18.2 Å². The molecule has 0 radical (unpaired) electrons. The maximum absolute atomic E-state index is 13.9. The summed E-state index contributed by atoms with van der Waals surface area (Å²) in [6.07, 6.45) is -1.89. The highest BCUT2D eigenvalue weighted by molar-refractivity contribution is 7.17. The first-order valence-electron chi connectivity index (χ1n) is 7.91. The van der Waals surface area contributed by atoms with Gasteiger partial charge in [0.05, 0.1) is 11.4 Å². The average molecular weight is 397 g/mol. The molecule has 0 aliphatic rings. The van der Waals surface area contributed by atoms with Crippen molar-refractivity contribution in [1.29, 1.82) is 0 Å². The van der Waals surface area contributed by atoms with E-state index < -0.39 is 12.7 Å². The minimum atomic E-state index is -4.37. The van der Waals surface area contributed by atoms with Crippen LogP contribution in [0.15, 0.2) is 48.8 Å². The Morgan fingerprint density at radius 1 is 1.22 bits per heavy atom. The number of imidazole rings is 1. The Hall–Kier alpha value is -2.68. The van der Waals surface area contributed by atoms with Crippen molar-refractivity contribution in [3.05, 3.63) is 65.3 Å². The number of benzene rings is 1. The van der Waals surface area contributed by atoms with Gasteiger partial charge in [0, 0.05) is 29.9 Å². The third-order valence-corrected chi connectivity index (χ3v) is 4.94. The largest absolute Gasteiger partial charge is 0.406 e. The Balaban J connectivity index is 1.74. The lowest BCUT2D eigenvalue weighted by molar-refractivity contribution is -0.141. The van der Waals surface area contributed by atoms with Crippen molar-refractivity contribution in [3.8, 4) is 10.4 Å². The molecule has 0 bridgehead atoms. The van der Waals surface area contributed by atoms with E-state index in [0.717, 1.165) is 15.9 Å². The lowest BCUT2D eigenvalue weighted by Crippen LogP contribution is -2.28. The maximum Gasteiger partial charge on any atom is 0.406 e. The van der Waals surface area contributed by atoms with Gasteiger partial charge in [-0.15, -0.1) is 11.3 Å². The summed E-state index contributed by atoms with van der Waals surface area (Å²) in [5, 5.41) is 0. The van der Waals surface area contributed by atoms with Crippen LogP contribution in [0.25, 0.3) is 10.4 Å². The summed E-state index contributed by atoms with van der Waals surface area (Å²) in [6, 6.07) is 9.46. The molecule has 3 aromatic rings. The van der Waals surface area contributed by atoms with Crippen molar-refractivity contribution in [3.63, 3.8) is 0 Å². The zero-order chi connectivity index (χ0) is 19.6. The van der Waals surface area contributed by atoms with Crippen LogP contribution in [-0.4, -0.2) is 33.6 Å². The molecule has 0 unspecified atom stereocenters. The molecular formula is C18H15F4N3OS. The molecule has 0 saturated carbocycles. The van der Waals surface area contributed by atoms with Crippen LogP contribution in [0.5, 0.6) is 0 Å². The van der Waals surface area contributed by atoms with E-state index in [0.29, 0.717) is 15.3 Å². The number of aromatic nitrogens is 2. The maximum atomic E-state index is 13.9. The van der Waals surface area contributed by atoms with E-state index in [1.54, 1.807) is 30.3 Å². The smallest absolute Gasteiger partial charge is 0.334 e. The van der Waals surface area contributed by atoms with Gasteiger partial charge in [0.2, 0.25) is 0 Å². The minimum absolute atomic E-state index is 0.0746. The van der Waals surface area contributed by atoms with Crippen LogP contribution in [-0.2, 0) is 13.1 Å². The lowest BCUT2D eigenvalue weighted by atomic mass is 10.2. The average Bonchev–Trinajstić information content (AvgIpc) is 3.23. The molecular weight excluding hydrogens is 382 g/mol. The molecule has 27 heavy (non-hydrogen) atoms. The number of rotatable bonds is 5. The fourth-order valence-corrected chi connectivity index (χ4v) is 3.59. The Labute approximate surface area is 156 Å². The first-order valence-corrected chi connectivity index (χ1v) is 8.73. The Bertz CT molecular complexity index is 948. The summed E-state index contributed by atoms with van der Waals surface area (Å²) in [5.41, 5.74) is 0.393. The first-order chi connectivity index (χ1) is 12.7. The summed E-state index contributed by atoms with van der Waals surface area (Å²) in [7, 11) is 1.48. The molecule has 2 heterocycles. The van der Waals surface area contributed by atoms with E-state index in [-0.39, 0.29) is 24.1 Å². The van der Waals surface area contributed by atoms with Gasteiger partial charge in [0.15, 0.2) is 0 Å². The quantitative estimate of drug-likeness (QED) is 0.591. The number of amides is 1. The van der Waals surface area contributed by atoms with Gasteiger partial charge in [-0.2, -0.15) is 13.2 Å². The second-order valence-corrected chi connectivity index (χ2v) is 6.98. The van der Waals surface area contributed by atoms with Crippen LogP contribution in [0.1, 0.15) is 15.5 Å². The fraction of sp³-hybridized carbons (Fsp3) is 0.222. The van der Waals surface area contributed by atoms with Crippen LogP contribution in [0.4, 0.5) is 17.6 Å². The van der Waals surface area contributed by atoms with Gasteiger partial charge < -0.3 is 9.47 Å². The SMILES string of the molecule is CN(Cc1nccn1CC(F)(F)F)C(=O)c1ccc(-c2ccccc2F)s1. The van der Waals surface area contributed by atoms with E-state index in [4.69, 9.17) is 0 Å². The minimum Gasteiger partial charge on any atom is -0.334 e. The van der Waals surface area contributed by atoms with Crippen LogP contribution in [0, 0.1) is 5.82 Å². The van der Waals surface area contributed by atoms with Gasteiger partial charge in [-0.25, -0.2) is 9.37 Å². The van der Waals surface area contributed by atoms with Crippen molar-refractivity contribution in [2.45, 2.75) is 19.3 Å². The first kappa shape index (κ1) is 19.1. The molecule has 0 atom stereocenters. The van der Waals surface area contributed by atoms with Crippen molar-refractivity contribution in [2.75, 3.05) is 7.05 Å². The molecule has 0 fully saturated rings. The number of carbonyl (C=O) groups excluding carboxylic acids is 1. The molecule has 0 aliphatic carbocycles. The van der Waals surface area contributed by atoms with E-state index in [1.807, 2.05) is 0 Å². The predicted octanol–water partition coefficient (Wildman–Crippen LogP) is 4.59. The molecule has 0 saturated heterocycles. The number of carbonyl (C=O) groups is 1. The number of thiophene rings is 1. The van der Waals surface area contributed by atoms with Gasteiger partial charge in [-0.1, -0.05) is 18.2 Å². The van der Waals surface area contributed by atoms with Gasteiger partial charge in [0.25, 0.3) is 5.91 Å². The third-order valence-electron chi connectivity index (χ3n) is 3.83. The highest BCUT2D eigenvalue weighted by Crippen LogP contribution is 2.30. The summed E-state index contributed by atoms with van der Waals surface area (Å²) in [4.78, 5) is 18.7. The fourth-order valence-electron chi connectivity index (χ4n) is 2.56. The van der Waals surface area contributed by atoms with E-state index in [2.05, 4.69) is 4.98 Å². The van der Waals surface area contributed by atoms with Crippen LogP contribution in [0.3, 0.4) is 0 Å². The Morgan fingerprint density at radius 3 is 2.67 bits per heavy atom. The number of hydrogen-bond acceptors (Lipinski definition) is 3. The van der Waals surface area contributed by atoms with Crippen LogP contribution < -0.4 is 0 Å². The third kappa shape index (κ3) is 4.54. The van der Waals surface area contributed by atoms with E-state index >= 15 is 0 Å². The summed E-state index contributed by atoms with van der Waals surface area (Å²) < 4.78 is 52.6. The Morgan fingerprint density at radius 2 is 1.96 bits per heavy atom. The van der Waals surface area contributed by atoms with E-state index in [1.165, 1.54) is 30.4 Å². The monoisotopic (exact) mass is 397 g/mol. The molecule has 4 nitrogen and oxygen atoms in total. The second kappa shape index (κ2) is 7.51. The predicted molar refractivity (Wildman–Crippen MR) is 93.8 cm³/mol. The molecule has 1 aromatic carbocycles. The summed E-state index contributed by atoms with van der Waals surface area (Å²) in [6.45, 7) is -1.24. The molecule has 0 N–H and O–H groups in total. The summed E-state index contributed by atoms with van der Waals surface area (Å²) >= 11 is 1.12. The molecule has 2 aromatic heterocycles. The molecule has 0 aliphatic heterocycles. The number of halogens is 4. The number of alkyl halides is 3. The van der Waals surface area contributed by atoms with Crippen molar-refractivity contribution in [2.24, 2.45) is 0 Å². The molecule has 1 amide bonds. The zero-order valence-electron chi connectivity index (χ0n) is 14.2. The van der Waals surface area contributed by atoms with Crippen LogP contribution in [0.2, 0.25) is 0 Å². The second-order valence-electron chi connectivity index (χ2n) is 5.89. The topological polar surface area (TPSA) is 38.1 Å². The number of hydrogen-bond donors (Lipinski definition) is 0. The van der Waals surface area contributed by atoms with Crippen molar-refractivity contribution in [1.82, 2.24) is 14.5 Å². The molecule has 142 valence electrons. The number of nitrogens with zero attached hydrogens (tertiary/aromatic N) is 3. The highest BCUT2D eigenvalue weighted by Gasteiger charge is 2.29. The normalized spacial score (nSPS) is 11.6. The molecule has 0 spiro atoms. The Kier molecular flexibility index (Phi) is 5.31. The van der Waals surface area contributed by atoms with Gasteiger partial charge in [-0.05, 0) is 18.2 Å². The lowest BCUT2D eigenvalue weighted by Gasteiger charge is -2.17. The van der Waals surface area contributed by atoms with Crippen molar-refractivity contribution < 1.29 is 22.4 Å². The summed E-state index contributed by atoms with van der Waals surface area (Å²) in [5.74, 6) is -0.626. The van der Waals surface area contributed by atoms with Crippen LogP contribution >= 0.6 is 11.3 Å². The van der Waals surface area contributed by atoms with Gasteiger partial charge in [-0.3, -0.25) is 4.79 Å². The standard InChI is InChI=1S/C18H15F4N3OS/c1-24(10-16-23-8-9-25(16)11-18(20,21)22)17(26)15-7-6-14(27-15)12-4-2-3-5-13(12)19/h2-9H,10-11H2,1H3. The molecule has 3 rings (SSSR count). The van der Waals surface area contributed by atoms with Gasteiger partial charge >= 0.3 is 6.18 Å². The highest BCUT2D eigenvalue weighted by atomic mass is 32.1. The van der Waals surface area contributed by atoms with Crippen molar-refractivity contribution >= 4 is 17.2 Å². The zero-order valence-corrected chi connectivity index (χ0v) is 15.0.